The highest BCUT2D eigenvalue weighted by molar-refractivity contribution is 5.75. The molecule has 1 heterocycles. The number of rotatable bonds is 3. The zero-order valence-electron chi connectivity index (χ0n) is 11.2. The highest BCUT2D eigenvalue weighted by atomic mass is 16.2. The number of carbonyl (C=O) groups is 1. The van der Waals surface area contributed by atoms with Gasteiger partial charge in [0.1, 0.15) is 0 Å². The Bertz CT molecular complexity index is 443. The van der Waals surface area contributed by atoms with Crippen LogP contribution in [0.1, 0.15) is 39.2 Å². The van der Waals surface area contributed by atoms with Gasteiger partial charge in [-0.25, -0.2) is 4.79 Å². The van der Waals surface area contributed by atoms with Gasteiger partial charge in [0.15, 0.2) is 0 Å². The van der Waals surface area contributed by atoms with Crippen LogP contribution in [0.3, 0.4) is 0 Å². The van der Waals surface area contributed by atoms with Crippen molar-refractivity contribution < 1.29 is 4.79 Å². The molecule has 0 fully saturated rings. The number of hydrogen-bond donors (Lipinski definition) is 1. The van der Waals surface area contributed by atoms with E-state index in [1.165, 1.54) is 0 Å². The van der Waals surface area contributed by atoms with Crippen molar-refractivity contribution in [2.75, 3.05) is 13.6 Å². The minimum atomic E-state index is -0.310. The molecule has 1 aromatic heterocycles. The van der Waals surface area contributed by atoms with Gasteiger partial charge in [-0.1, -0.05) is 27.7 Å². The second kappa shape index (κ2) is 5.21. The van der Waals surface area contributed by atoms with Crippen LogP contribution >= 0.6 is 0 Å². The molecule has 0 unspecified atom stereocenters. The van der Waals surface area contributed by atoms with E-state index in [4.69, 9.17) is 0 Å². The number of amides is 1. The van der Waals surface area contributed by atoms with Gasteiger partial charge < -0.3 is 4.90 Å². The second-order valence-corrected chi connectivity index (χ2v) is 5.08. The molecule has 5 heteroatoms. The van der Waals surface area contributed by atoms with Gasteiger partial charge in [0.05, 0.1) is 0 Å². The number of hydrogen-bond acceptors (Lipinski definition) is 2. The van der Waals surface area contributed by atoms with Crippen molar-refractivity contribution >= 4 is 6.03 Å². The van der Waals surface area contributed by atoms with E-state index in [9.17, 15) is 9.59 Å². The Morgan fingerprint density at radius 1 is 1.41 bits per heavy atom. The fourth-order valence-electron chi connectivity index (χ4n) is 1.74. The summed E-state index contributed by atoms with van der Waals surface area (Å²) in [5, 5.41) is 2.72. The second-order valence-electron chi connectivity index (χ2n) is 5.08. The first kappa shape index (κ1) is 13.5. The quantitative estimate of drug-likeness (QED) is 0.875. The average Bonchev–Trinajstić information content (AvgIpc) is 2.57. The van der Waals surface area contributed by atoms with Crippen molar-refractivity contribution in [1.29, 1.82) is 0 Å². The minimum absolute atomic E-state index is 0.114. The summed E-state index contributed by atoms with van der Waals surface area (Å²) in [5.41, 5.74) is 0.386. The Morgan fingerprint density at radius 3 is 2.41 bits per heavy atom. The number of aromatic amines is 1. The standard InChI is InChI=1S/C12H21N3O2/c1-8(2)7-14(5)12(17)15-11(16)10(6-13-15)9(3)4/h6,8-9,13H,7H2,1-5H3. The molecule has 5 nitrogen and oxygen atoms in total. The monoisotopic (exact) mass is 239 g/mol. The molecule has 0 aliphatic rings. The Balaban J connectivity index is 2.94. The third kappa shape index (κ3) is 2.99. The van der Waals surface area contributed by atoms with Crippen molar-refractivity contribution in [2.45, 2.75) is 33.6 Å². The number of aromatic nitrogens is 2. The van der Waals surface area contributed by atoms with Gasteiger partial charge in [0.25, 0.3) is 5.56 Å². The van der Waals surface area contributed by atoms with E-state index in [0.29, 0.717) is 18.0 Å². The van der Waals surface area contributed by atoms with Gasteiger partial charge in [0.2, 0.25) is 0 Å². The molecule has 0 aliphatic carbocycles. The summed E-state index contributed by atoms with van der Waals surface area (Å²) in [5.74, 6) is 0.488. The predicted molar refractivity (Wildman–Crippen MR) is 67.4 cm³/mol. The average molecular weight is 239 g/mol. The smallest absolute Gasteiger partial charge is 0.326 e. The molecule has 0 saturated carbocycles. The third-order valence-electron chi connectivity index (χ3n) is 2.58. The summed E-state index contributed by atoms with van der Waals surface area (Å²) in [6.45, 7) is 8.54. The zero-order valence-corrected chi connectivity index (χ0v) is 11.2. The highest BCUT2D eigenvalue weighted by Gasteiger charge is 2.18. The van der Waals surface area contributed by atoms with Crippen molar-refractivity contribution in [2.24, 2.45) is 5.92 Å². The number of H-pyrrole nitrogens is 1. The van der Waals surface area contributed by atoms with Gasteiger partial charge in [-0.15, -0.1) is 0 Å². The summed E-state index contributed by atoms with van der Waals surface area (Å²) < 4.78 is 1.07. The van der Waals surface area contributed by atoms with Crippen LogP contribution in [0.5, 0.6) is 0 Å². The molecule has 0 saturated heterocycles. The first-order valence-electron chi connectivity index (χ1n) is 5.90. The molecule has 1 rings (SSSR count). The van der Waals surface area contributed by atoms with Crippen LogP contribution in [0.2, 0.25) is 0 Å². The van der Waals surface area contributed by atoms with Crippen LogP contribution in [0, 0.1) is 5.92 Å². The summed E-state index contributed by atoms with van der Waals surface area (Å²) in [6.07, 6.45) is 1.61. The molecular weight excluding hydrogens is 218 g/mol. The molecule has 17 heavy (non-hydrogen) atoms. The van der Waals surface area contributed by atoms with E-state index in [0.717, 1.165) is 4.68 Å². The van der Waals surface area contributed by atoms with Crippen molar-refractivity contribution in [3.63, 3.8) is 0 Å². The molecule has 0 atom stereocenters. The van der Waals surface area contributed by atoms with E-state index >= 15 is 0 Å². The first-order valence-corrected chi connectivity index (χ1v) is 5.90. The first-order chi connectivity index (χ1) is 7.84. The number of carbonyl (C=O) groups excluding carboxylic acids is 1. The molecule has 0 aromatic carbocycles. The van der Waals surface area contributed by atoms with Crippen LogP contribution < -0.4 is 5.56 Å². The molecule has 0 aliphatic heterocycles. The van der Waals surface area contributed by atoms with Gasteiger partial charge in [-0.05, 0) is 11.8 Å². The Kier molecular flexibility index (Phi) is 4.15. The lowest BCUT2D eigenvalue weighted by atomic mass is 10.1. The van der Waals surface area contributed by atoms with Crippen LogP contribution in [-0.2, 0) is 0 Å². The normalized spacial score (nSPS) is 11.2. The minimum Gasteiger partial charge on any atom is -0.326 e. The van der Waals surface area contributed by atoms with Crippen LogP contribution in [-0.4, -0.2) is 34.3 Å². The highest BCUT2D eigenvalue weighted by Crippen LogP contribution is 2.07. The third-order valence-corrected chi connectivity index (χ3v) is 2.58. The summed E-state index contributed by atoms with van der Waals surface area (Å²) in [6, 6.07) is -0.310. The number of nitrogens with one attached hydrogen (secondary N) is 1. The van der Waals surface area contributed by atoms with E-state index in [-0.39, 0.29) is 17.5 Å². The topological polar surface area (TPSA) is 58.1 Å². The lowest BCUT2D eigenvalue weighted by molar-refractivity contribution is 0.201. The summed E-state index contributed by atoms with van der Waals surface area (Å²) in [7, 11) is 1.70. The molecule has 0 bridgehead atoms. The Hall–Kier alpha value is -1.52. The van der Waals surface area contributed by atoms with Gasteiger partial charge in [-0.3, -0.25) is 9.89 Å². The van der Waals surface area contributed by atoms with Crippen LogP contribution in [0.15, 0.2) is 11.0 Å². The molecule has 1 aromatic rings. The van der Waals surface area contributed by atoms with Crippen LogP contribution in [0.25, 0.3) is 0 Å². The van der Waals surface area contributed by atoms with E-state index in [2.05, 4.69) is 5.10 Å². The predicted octanol–water partition coefficient (Wildman–Crippen LogP) is 1.86. The largest absolute Gasteiger partial charge is 0.345 e. The fourth-order valence-corrected chi connectivity index (χ4v) is 1.74. The fraction of sp³-hybridized carbons (Fsp3) is 0.667. The van der Waals surface area contributed by atoms with E-state index in [1.54, 1.807) is 18.1 Å². The SMILES string of the molecule is CC(C)CN(C)C(=O)n1[nH]cc(C(C)C)c1=O. The summed E-state index contributed by atoms with van der Waals surface area (Å²) >= 11 is 0. The molecular formula is C12H21N3O2. The van der Waals surface area contributed by atoms with E-state index < -0.39 is 0 Å². The Labute approximate surface area is 101 Å². The molecule has 0 radical (unpaired) electrons. The maximum Gasteiger partial charge on any atom is 0.345 e. The summed E-state index contributed by atoms with van der Waals surface area (Å²) in [4.78, 5) is 25.5. The van der Waals surface area contributed by atoms with Crippen molar-refractivity contribution in [3.8, 4) is 0 Å². The molecule has 1 amide bonds. The molecule has 1 N–H and O–H groups in total. The number of nitrogens with zero attached hydrogens (tertiary/aromatic N) is 2. The van der Waals surface area contributed by atoms with E-state index in [1.807, 2.05) is 27.7 Å². The lowest BCUT2D eigenvalue weighted by Gasteiger charge is -2.18. The van der Waals surface area contributed by atoms with Gasteiger partial charge in [0, 0.05) is 25.4 Å². The maximum atomic E-state index is 12.0. The Morgan fingerprint density at radius 2 is 2.00 bits per heavy atom. The van der Waals surface area contributed by atoms with Gasteiger partial charge in [-0.2, -0.15) is 4.68 Å². The lowest BCUT2D eigenvalue weighted by Crippen LogP contribution is -2.39. The van der Waals surface area contributed by atoms with Gasteiger partial charge >= 0.3 is 6.03 Å². The van der Waals surface area contributed by atoms with Crippen LogP contribution in [0.4, 0.5) is 4.79 Å². The molecule has 0 spiro atoms. The molecule has 96 valence electrons. The maximum absolute atomic E-state index is 12.0. The van der Waals surface area contributed by atoms with Crippen molar-refractivity contribution in [3.05, 3.63) is 22.1 Å². The van der Waals surface area contributed by atoms with Crippen molar-refractivity contribution in [1.82, 2.24) is 14.7 Å². The zero-order chi connectivity index (χ0) is 13.2.